The summed E-state index contributed by atoms with van der Waals surface area (Å²) in [5.41, 5.74) is 0.424. The van der Waals surface area contributed by atoms with Gasteiger partial charge in [0, 0.05) is 32.2 Å². The van der Waals surface area contributed by atoms with Gasteiger partial charge in [-0.15, -0.1) is 0 Å². The summed E-state index contributed by atoms with van der Waals surface area (Å²) in [6, 6.07) is 0.619. The average Bonchev–Trinajstić information content (AvgIpc) is 2.47. The zero-order valence-corrected chi connectivity index (χ0v) is 14.2. The van der Waals surface area contributed by atoms with Crippen LogP contribution in [0.15, 0.2) is 0 Å². The number of nitrogens with zero attached hydrogens (tertiary/aromatic N) is 1. The molecule has 1 unspecified atom stereocenters. The summed E-state index contributed by atoms with van der Waals surface area (Å²) < 4.78 is 0. The highest BCUT2D eigenvalue weighted by molar-refractivity contribution is 5.82. The van der Waals surface area contributed by atoms with Gasteiger partial charge in [-0.25, -0.2) is 0 Å². The van der Waals surface area contributed by atoms with Gasteiger partial charge >= 0.3 is 0 Å². The van der Waals surface area contributed by atoms with Gasteiger partial charge in [0.15, 0.2) is 0 Å². The molecule has 1 amide bonds. The summed E-state index contributed by atoms with van der Waals surface area (Å²) in [4.78, 5) is 14.8. The van der Waals surface area contributed by atoms with E-state index in [9.17, 15) is 4.79 Å². The van der Waals surface area contributed by atoms with Crippen LogP contribution < -0.4 is 10.6 Å². The van der Waals surface area contributed by atoms with Gasteiger partial charge in [0.05, 0.1) is 0 Å². The summed E-state index contributed by atoms with van der Waals surface area (Å²) in [5.74, 6) is 1.03. The van der Waals surface area contributed by atoms with Gasteiger partial charge in [-0.05, 0) is 43.9 Å². The van der Waals surface area contributed by atoms with E-state index in [2.05, 4.69) is 36.3 Å². The van der Waals surface area contributed by atoms with Crippen LogP contribution in [0.4, 0.5) is 0 Å². The Bertz CT molecular complexity index is 342. The maximum absolute atomic E-state index is 12.3. The van der Waals surface area contributed by atoms with E-state index in [0.717, 1.165) is 32.1 Å². The molecule has 1 saturated carbocycles. The first-order valence-electron chi connectivity index (χ1n) is 8.67. The molecule has 2 N–H and O–H groups in total. The second-order valence-corrected chi connectivity index (χ2v) is 7.72. The molecule has 1 saturated heterocycles. The molecule has 4 heteroatoms. The fourth-order valence-electron chi connectivity index (χ4n) is 3.97. The van der Waals surface area contributed by atoms with Crippen molar-refractivity contribution in [1.82, 2.24) is 15.5 Å². The fourth-order valence-corrected chi connectivity index (χ4v) is 3.97. The van der Waals surface area contributed by atoms with Gasteiger partial charge in [-0.2, -0.15) is 0 Å². The number of rotatable bonds is 3. The van der Waals surface area contributed by atoms with Crippen molar-refractivity contribution in [3.63, 3.8) is 0 Å². The second-order valence-electron chi connectivity index (χ2n) is 7.72. The van der Waals surface area contributed by atoms with Crippen LogP contribution in [0.3, 0.4) is 0 Å². The lowest BCUT2D eigenvalue weighted by Crippen LogP contribution is -2.61. The van der Waals surface area contributed by atoms with Crippen molar-refractivity contribution in [2.24, 2.45) is 11.3 Å². The van der Waals surface area contributed by atoms with Gasteiger partial charge in [-0.1, -0.05) is 20.8 Å². The molecule has 2 rings (SSSR count). The Labute approximate surface area is 130 Å². The number of piperazine rings is 1. The quantitative estimate of drug-likeness (QED) is 0.837. The van der Waals surface area contributed by atoms with Crippen LogP contribution in [0.5, 0.6) is 0 Å². The maximum Gasteiger partial charge on any atom is 0.238 e. The molecule has 4 nitrogen and oxygen atoms in total. The normalized spacial score (nSPS) is 31.9. The largest absolute Gasteiger partial charge is 0.355 e. The van der Waals surface area contributed by atoms with E-state index < -0.39 is 0 Å². The van der Waals surface area contributed by atoms with Gasteiger partial charge in [0.1, 0.15) is 6.04 Å². The summed E-state index contributed by atoms with van der Waals surface area (Å²) in [6.07, 6.45) is 5.11. The van der Waals surface area contributed by atoms with Crippen LogP contribution in [0, 0.1) is 11.3 Å². The summed E-state index contributed by atoms with van der Waals surface area (Å²) in [7, 11) is 0. The lowest BCUT2D eigenvalue weighted by molar-refractivity contribution is -0.128. The number of hydrogen-bond donors (Lipinski definition) is 2. The molecule has 122 valence electrons. The van der Waals surface area contributed by atoms with E-state index in [0.29, 0.717) is 11.5 Å². The van der Waals surface area contributed by atoms with E-state index >= 15 is 0 Å². The molecule has 0 spiro atoms. The van der Waals surface area contributed by atoms with E-state index in [-0.39, 0.29) is 11.9 Å². The zero-order chi connectivity index (χ0) is 15.5. The van der Waals surface area contributed by atoms with Crippen molar-refractivity contribution in [2.75, 3.05) is 26.2 Å². The number of carbonyl (C=O) groups excluding carboxylic acids is 1. The highest BCUT2D eigenvalue weighted by Crippen LogP contribution is 2.39. The molecule has 2 aliphatic rings. The lowest BCUT2D eigenvalue weighted by atomic mass is 9.71. The summed E-state index contributed by atoms with van der Waals surface area (Å²) in [5, 5.41) is 6.37. The Morgan fingerprint density at radius 3 is 2.48 bits per heavy atom. The molecule has 1 heterocycles. The first-order chi connectivity index (χ1) is 9.93. The molecular formula is C17H33N3O. The van der Waals surface area contributed by atoms with Crippen molar-refractivity contribution in [3.8, 4) is 0 Å². The third-order valence-electron chi connectivity index (χ3n) is 5.33. The molecule has 21 heavy (non-hydrogen) atoms. The van der Waals surface area contributed by atoms with E-state index in [1.54, 1.807) is 0 Å². The predicted octanol–water partition coefficient (Wildman–Crippen LogP) is 2.00. The molecule has 0 aromatic carbocycles. The smallest absolute Gasteiger partial charge is 0.238 e. The molecule has 1 aliphatic heterocycles. The van der Waals surface area contributed by atoms with E-state index in [1.165, 1.54) is 25.7 Å². The molecule has 0 aromatic rings. The Kier molecular flexibility index (Phi) is 5.67. The van der Waals surface area contributed by atoms with Gasteiger partial charge < -0.3 is 10.6 Å². The van der Waals surface area contributed by atoms with Crippen LogP contribution in [0.2, 0.25) is 0 Å². The number of nitrogens with one attached hydrogen (secondary N) is 2. The van der Waals surface area contributed by atoms with Crippen LogP contribution >= 0.6 is 0 Å². The molecule has 1 atom stereocenters. The third-order valence-corrected chi connectivity index (χ3v) is 5.33. The Balaban J connectivity index is 1.95. The molecule has 2 fully saturated rings. The van der Waals surface area contributed by atoms with Gasteiger partial charge in [0.25, 0.3) is 0 Å². The minimum Gasteiger partial charge on any atom is -0.355 e. The number of likely N-dealkylation sites (N-methyl/N-ethyl adjacent to an activating group) is 1. The molecule has 0 bridgehead atoms. The second kappa shape index (κ2) is 7.10. The Morgan fingerprint density at radius 1 is 1.24 bits per heavy atom. The van der Waals surface area contributed by atoms with Crippen molar-refractivity contribution in [2.45, 2.75) is 65.5 Å². The molecule has 0 aromatic heterocycles. The van der Waals surface area contributed by atoms with Crippen molar-refractivity contribution in [1.29, 1.82) is 0 Å². The Hall–Kier alpha value is -0.610. The van der Waals surface area contributed by atoms with Crippen LogP contribution in [0.25, 0.3) is 0 Å². The number of hydrogen-bond acceptors (Lipinski definition) is 3. The zero-order valence-electron chi connectivity index (χ0n) is 14.2. The molecular weight excluding hydrogens is 262 g/mol. The van der Waals surface area contributed by atoms with Crippen molar-refractivity contribution in [3.05, 3.63) is 0 Å². The molecule has 0 radical (unpaired) electrons. The minimum absolute atomic E-state index is 0.0230. The predicted molar refractivity (Wildman–Crippen MR) is 87.2 cm³/mol. The maximum atomic E-state index is 12.3. The fraction of sp³-hybridized carbons (Fsp3) is 0.941. The van der Waals surface area contributed by atoms with Crippen molar-refractivity contribution < 1.29 is 4.79 Å². The highest BCUT2D eigenvalue weighted by atomic mass is 16.2. The SMILES string of the molecule is CCNC(=O)C1CNCCN1C1CCC(C(C)(C)C)CC1. The Morgan fingerprint density at radius 2 is 1.90 bits per heavy atom. The van der Waals surface area contributed by atoms with Gasteiger partial charge in [0.2, 0.25) is 5.91 Å². The molecule has 1 aliphatic carbocycles. The van der Waals surface area contributed by atoms with E-state index in [4.69, 9.17) is 0 Å². The topological polar surface area (TPSA) is 44.4 Å². The lowest BCUT2D eigenvalue weighted by Gasteiger charge is -2.45. The first kappa shape index (κ1) is 16.8. The summed E-state index contributed by atoms with van der Waals surface area (Å²) >= 11 is 0. The summed E-state index contributed by atoms with van der Waals surface area (Å²) in [6.45, 7) is 12.6. The monoisotopic (exact) mass is 295 g/mol. The average molecular weight is 295 g/mol. The number of carbonyl (C=O) groups is 1. The highest BCUT2D eigenvalue weighted by Gasteiger charge is 2.37. The number of amides is 1. The van der Waals surface area contributed by atoms with Gasteiger partial charge in [-0.3, -0.25) is 9.69 Å². The van der Waals surface area contributed by atoms with Crippen molar-refractivity contribution >= 4 is 5.91 Å². The van der Waals surface area contributed by atoms with Crippen LogP contribution in [-0.4, -0.2) is 49.1 Å². The minimum atomic E-state index is 0.0230. The van der Waals surface area contributed by atoms with Crippen LogP contribution in [-0.2, 0) is 4.79 Å². The standard InChI is InChI=1S/C17H33N3O/c1-5-19-16(21)15-12-18-10-11-20(15)14-8-6-13(7-9-14)17(2,3)4/h13-15,18H,5-12H2,1-4H3,(H,19,21). The van der Waals surface area contributed by atoms with E-state index in [1.807, 2.05) is 6.92 Å². The van der Waals surface area contributed by atoms with Crippen LogP contribution in [0.1, 0.15) is 53.4 Å². The third kappa shape index (κ3) is 4.19. The first-order valence-corrected chi connectivity index (χ1v) is 8.67.